The van der Waals surface area contributed by atoms with Gasteiger partial charge in [-0.2, -0.15) is 0 Å². The van der Waals surface area contributed by atoms with Crippen LogP contribution in [-0.2, 0) is 28.6 Å². The van der Waals surface area contributed by atoms with E-state index in [2.05, 4.69) is 45.1 Å². The van der Waals surface area contributed by atoms with Crippen molar-refractivity contribution in [1.82, 2.24) is 0 Å². The number of ether oxygens (including phenoxy) is 3. The van der Waals surface area contributed by atoms with Crippen LogP contribution in [0.2, 0.25) is 0 Å². The Balaban J connectivity index is 4.35. The fraction of sp³-hybridized carbons (Fsp3) is 0.870. The normalized spacial score (nSPS) is 12.1. The van der Waals surface area contributed by atoms with Crippen molar-refractivity contribution in [1.29, 1.82) is 0 Å². The molecular weight excluding hydrogens is 745 g/mol. The zero-order valence-electron chi connectivity index (χ0n) is 40.2. The molecule has 0 radical (unpaired) electrons. The maximum Gasteiger partial charge on any atom is 0.306 e. The molecule has 6 nitrogen and oxygen atoms in total. The Morgan fingerprint density at radius 2 is 0.617 bits per heavy atom. The third kappa shape index (κ3) is 46.9. The van der Waals surface area contributed by atoms with Crippen molar-refractivity contribution < 1.29 is 28.6 Å². The van der Waals surface area contributed by atoms with Gasteiger partial charge in [-0.25, -0.2) is 0 Å². The third-order valence-electron chi connectivity index (χ3n) is 11.7. The van der Waals surface area contributed by atoms with Gasteiger partial charge in [-0.1, -0.05) is 244 Å². The summed E-state index contributed by atoms with van der Waals surface area (Å²) in [6.07, 6.45) is 55.8. The van der Waals surface area contributed by atoms with Crippen molar-refractivity contribution in [2.24, 2.45) is 0 Å². The summed E-state index contributed by atoms with van der Waals surface area (Å²) in [5, 5.41) is 0. The first-order chi connectivity index (χ1) is 29.5. The van der Waals surface area contributed by atoms with Crippen LogP contribution >= 0.6 is 0 Å². The van der Waals surface area contributed by atoms with Crippen molar-refractivity contribution in [2.45, 2.75) is 290 Å². The SMILES string of the molecule is CCCC/C=C\C/C=C\CCCCCCCC(=O)OC(COC(=O)CCCCCCCCCCCCCCC)COC(=O)CCCCCCCCCCCCCCCCC. The van der Waals surface area contributed by atoms with E-state index in [1.807, 2.05) is 0 Å². The van der Waals surface area contributed by atoms with Gasteiger partial charge in [0, 0.05) is 19.3 Å². The maximum absolute atomic E-state index is 12.8. The molecule has 0 N–H and O–H groups in total. The summed E-state index contributed by atoms with van der Waals surface area (Å²) in [5.74, 6) is -0.871. The molecule has 0 bridgehead atoms. The Morgan fingerprint density at radius 3 is 0.967 bits per heavy atom. The Hall–Kier alpha value is -2.11. The smallest absolute Gasteiger partial charge is 0.306 e. The summed E-state index contributed by atoms with van der Waals surface area (Å²) >= 11 is 0. The number of hydrogen-bond acceptors (Lipinski definition) is 6. The zero-order chi connectivity index (χ0) is 43.7. The average Bonchev–Trinajstić information content (AvgIpc) is 3.24. The van der Waals surface area contributed by atoms with Crippen LogP contribution in [0.15, 0.2) is 24.3 Å². The molecule has 0 rings (SSSR count). The Labute approximate surface area is 373 Å². The van der Waals surface area contributed by atoms with Crippen molar-refractivity contribution in [3.8, 4) is 0 Å². The van der Waals surface area contributed by atoms with E-state index >= 15 is 0 Å². The fourth-order valence-electron chi connectivity index (χ4n) is 7.70. The number of unbranched alkanes of at least 4 members (excludes halogenated alkanes) is 33. The highest BCUT2D eigenvalue weighted by Crippen LogP contribution is 2.16. The van der Waals surface area contributed by atoms with Crippen LogP contribution in [0.1, 0.15) is 284 Å². The molecule has 0 fully saturated rings. The molecule has 0 aliphatic rings. The van der Waals surface area contributed by atoms with Gasteiger partial charge in [0.1, 0.15) is 13.2 Å². The van der Waals surface area contributed by atoms with E-state index in [4.69, 9.17) is 14.2 Å². The lowest BCUT2D eigenvalue weighted by atomic mass is 10.0. The van der Waals surface area contributed by atoms with Crippen LogP contribution in [0.3, 0.4) is 0 Å². The van der Waals surface area contributed by atoms with Crippen molar-refractivity contribution >= 4 is 17.9 Å². The molecule has 0 aliphatic carbocycles. The lowest BCUT2D eigenvalue weighted by Gasteiger charge is -2.18. The third-order valence-corrected chi connectivity index (χ3v) is 11.7. The van der Waals surface area contributed by atoms with Crippen molar-refractivity contribution in [2.75, 3.05) is 13.2 Å². The minimum Gasteiger partial charge on any atom is -0.462 e. The summed E-state index contributed by atoms with van der Waals surface area (Å²) in [6, 6.07) is 0. The summed E-state index contributed by atoms with van der Waals surface area (Å²) < 4.78 is 16.8. The first-order valence-electron chi connectivity index (χ1n) is 26.3. The van der Waals surface area contributed by atoms with E-state index < -0.39 is 6.10 Å². The van der Waals surface area contributed by atoms with Crippen LogP contribution in [-0.4, -0.2) is 37.2 Å². The van der Waals surface area contributed by atoms with Crippen molar-refractivity contribution in [3.05, 3.63) is 24.3 Å². The Kier molecular flexibility index (Phi) is 47.8. The monoisotopic (exact) mass is 845 g/mol. The molecule has 0 aromatic carbocycles. The zero-order valence-corrected chi connectivity index (χ0v) is 40.2. The first-order valence-corrected chi connectivity index (χ1v) is 26.3. The number of carbonyl (C=O) groups excluding carboxylic acids is 3. The molecule has 0 amide bonds. The molecule has 60 heavy (non-hydrogen) atoms. The molecule has 0 spiro atoms. The van der Waals surface area contributed by atoms with E-state index in [1.165, 1.54) is 161 Å². The van der Waals surface area contributed by atoms with Gasteiger partial charge in [0.25, 0.3) is 0 Å². The molecule has 1 atom stereocenters. The molecule has 352 valence electrons. The highest BCUT2D eigenvalue weighted by atomic mass is 16.6. The summed E-state index contributed by atoms with van der Waals surface area (Å²) in [7, 11) is 0. The lowest BCUT2D eigenvalue weighted by Crippen LogP contribution is -2.30. The summed E-state index contributed by atoms with van der Waals surface area (Å²) in [6.45, 7) is 6.62. The van der Waals surface area contributed by atoms with Crippen LogP contribution in [0, 0.1) is 0 Å². The van der Waals surface area contributed by atoms with Gasteiger partial charge in [0.15, 0.2) is 6.10 Å². The molecule has 0 heterocycles. The number of rotatable bonds is 48. The largest absolute Gasteiger partial charge is 0.462 e. The van der Waals surface area contributed by atoms with Gasteiger partial charge >= 0.3 is 17.9 Å². The van der Waals surface area contributed by atoms with Crippen LogP contribution in [0.4, 0.5) is 0 Å². The number of hydrogen-bond donors (Lipinski definition) is 0. The second-order valence-electron chi connectivity index (χ2n) is 17.8. The molecule has 0 saturated carbocycles. The summed E-state index contributed by atoms with van der Waals surface area (Å²) in [5.41, 5.74) is 0. The highest BCUT2D eigenvalue weighted by molar-refractivity contribution is 5.71. The minimum absolute atomic E-state index is 0.0720. The minimum atomic E-state index is -0.772. The predicted molar refractivity (Wildman–Crippen MR) is 256 cm³/mol. The second-order valence-corrected chi connectivity index (χ2v) is 17.8. The Bertz CT molecular complexity index is 973. The van der Waals surface area contributed by atoms with E-state index in [9.17, 15) is 14.4 Å². The second kappa shape index (κ2) is 49.5. The molecular formula is C54H100O6. The maximum atomic E-state index is 12.8. The first kappa shape index (κ1) is 57.9. The van der Waals surface area contributed by atoms with Gasteiger partial charge in [-0.3, -0.25) is 14.4 Å². The van der Waals surface area contributed by atoms with Gasteiger partial charge < -0.3 is 14.2 Å². The molecule has 0 aromatic heterocycles. The van der Waals surface area contributed by atoms with E-state index in [0.29, 0.717) is 19.3 Å². The quantitative estimate of drug-likeness (QED) is 0.0263. The number of esters is 3. The topological polar surface area (TPSA) is 78.9 Å². The fourth-order valence-corrected chi connectivity index (χ4v) is 7.70. The number of carbonyl (C=O) groups is 3. The van der Waals surface area contributed by atoms with Crippen LogP contribution in [0.25, 0.3) is 0 Å². The van der Waals surface area contributed by atoms with E-state index in [0.717, 1.165) is 83.5 Å². The van der Waals surface area contributed by atoms with Crippen LogP contribution < -0.4 is 0 Å². The van der Waals surface area contributed by atoms with Gasteiger partial charge in [-0.05, 0) is 44.9 Å². The molecule has 1 unspecified atom stereocenters. The Morgan fingerprint density at radius 1 is 0.333 bits per heavy atom. The lowest BCUT2D eigenvalue weighted by molar-refractivity contribution is -0.167. The highest BCUT2D eigenvalue weighted by Gasteiger charge is 2.19. The summed E-state index contributed by atoms with van der Waals surface area (Å²) in [4.78, 5) is 38.0. The van der Waals surface area contributed by atoms with Gasteiger partial charge in [-0.15, -0.1) is 0 Å². The van der Waals surface area contributed by atoms with Gasteiger partial charge in [0.05, 0.1) is 0 Å². The van der Waals surface area contributed by atoms with Crippen LogP contribution in [0.5, 0.6) is 0 Å². The van der Waals surface area contributed by atoms with E-state index in [1.54, 1.807) is 0 Å². The molecule has 0 aromatic rings. The molecule has 0 saturated heterocycles. The molecule has 6 heteroatoms. The standard InChI is InChI=1S/C54H100O6/c1-4-7-10-13-16-19-22-25-27-30-32-35-38-41-44-47-53(56)59-50-51(49-58-52(55)46-43-40-37-34-31-28-24-21-18-15-12-9-6-3)60-54(57)48-45-42-39-36-33-29-26-23-20-17-14-11-8-5-2/h14,17,23,26,51H,4-13,15-16,18-22,24-25,27-50H2,1-3H3/b17-14-,26-23-. The van der Waals surface area contributed by atoms with E-state index in [-0.39, 0.29) is 31.1 Å². The van der Waals surface area contributed by atoms with Gasteiger partial charge in [0.2, 0.25) is 0 Å². The molecule has 0 aliphatic heterocycles. The number of allylic oxidation sites excluding steroid dienone is 4. The average molecular weight is 845 g/mol. The van der Waals surface area contributed by atoms with Crippen molar-refractivity contribution in [3.63, 3.8) is 0 Å². The predicted octanol–water partition coefficient (Wildman–Crippen LogP) is 17.2.